The average molecular weight is 521 g/mol. The van der Waals surface area contributed by atoms with Gasteiger partial charge in [0.05, 0.1) is 29.8 Å². The topological polar surface area (TPSA) is 71.1 Å². The number of aromatic amines is 1. The number of para-hydroxylation sites is 2. The van der Waals surface area contributed by atoms with Gasteiger partial charge in [-0.2, -0.15) is 0 Å². The Morgan fingerprint density at radius 2 is 1.83 bits per heavy atom. The fourth-order valence-electron chi connectivity index (χ4n) is 3.87. The van der Waals surface area contributed by atoms with Crippen molar-refractivity contribution in [1.29, 1.82) is 0 Å². The highest BCUT2D eigenvalue weighted by atomic mass is 32.2. The Balaban J connectivity index is 1.33. The Hall–Kier alpha value is -2.81. The maximum atomic E-state index is 11.9. The molecular weight excluding hydrogens is 488 g/mol. The highest BCUT2D eigenvalue weighted by molar-refractivity contribution is 7.99. The largest absolute Gasteiger partial charge is 0.466 e. The molecule has 0 atom stereocenters. The molecule has 0 aliphatic heterocycles. The molecule has 0 amide bonds. The van der Waals surface area contributed by atoms with Gasteiger partial charge in [0.25, 0.3) is 0 Å². The van der Waals surface area contributed by atoms with Crippen LogP contribution < -0.4 is 0 Å². The number of H-pyrrole nitrogens is 1. The molecule has 4 aromatic rings. The lowest BCUT2D eigenvalue weighted by Gasteiger charge is -2.22. The van der Waals surface area contributed by atoms with Crippen LogP contribution in [0.2, 0.25) is 0 Å². The molecule has 2 aromatic carbocycles. The number of carbonyl (C=O) groups excluding carboxylic acids is 1. The van der Waals surface area contributed by atoms with Crippen molar-refractivity contribution in [1.82, 2.24) is 19.9 Å². The normalized spacial score (nSPS) is 11.3. The molecule has 0 aliphatic carbocycles. The number of hydrogen-bond acceptors (Lipinski definition) is 7. The Kier molecular flexibility index (Phi) is 9.84. The number of imidazole rings is 1. The van der Waals surface area contributed by atoms with Crippen LogP contribution in [0.3, 0.4) is 0 Å². The van der Waals surface area contributed by atoms with E-state index in [9.17, 15) is 4.79 Å². The Morgan fingerprint density at radius 1 is 1.03 bits per heavy atom. The monoisotopic (exact) mass is 520 g/mol. The number of carbonyl (C=O) groups is 1. The van der Waals surface area contributed by atoms with Crippen molar-refractivity contribution < 1.29 is 9.53 Å². The number of hydrogen-bond donors (Lipinski definition) is 1. The summed E-state index contributed by atoms with van der Waals surface area (Å²) in [5, 5.41) is 0.911. The maximum absolute atomic E-state index is 11.9. The van der Waals surface area contributed by atoms with E-state index in [-0.39, 0.29) is 5.97 Å². The van der Waals surface area contributed by atoms with Gasteiger partial charge < -0.3 is 9.72 Å². The molecule has 188 valence electrons. The van der Waals surface area contributed by atoms with Crippen molar-refractivity contribution in [2.24, 2.45) is 0 Å². The van der Waals surface area contributed by atoms with E-state index in [4.69, 9.17) is 4.74 Å². The van der Waals surface area contributed by atoms with Gasteiger partial charge in [-0.3, -0.25) is 14.7 Å². The van der Waals surface area contributed by atoms with E-state index in [1.807, 2.05) is 55.2 Å². The van der Waals surface area contributed by atoms with Crippen LogP contribution in [0.4, 0.5) is 0 Å². The molecule has 6 nitrogen and oxygen atoms in total. The van der Waals surface area contributed by atoms with Crippen molar-refractivity contribution in [3.63, 3.8) is 0 Å². The fraction of sp³-hybridized carbons (Fsp3) is 0.321. The summed E-state index contributed by atoms with van der Waals surface area (Å²) in [6.07, 6.45) is 2.30. The number of aromatic nitrogens is 3. The third-order valence-corrected chi connectivity index (χ3v) is 7.85. The van der Waals surface area contributed by atoms with Crippen LogP contribution in [-0.2, 0) is 21.8 Å². The van der Waals surface area contributed by atoms with Crippen LogP contribution >= 0.6 is 23.5 Å². The van der Waals surface area contributed by atoms with E-state index in [2.05, 4.69) is 57.1 Å². The summed E-state index contributed by atoms with van der Waals surface area (Å²) in [5.74, 6) is 1.55. The van der Waals surface area contributed by atoms with Crippen molar-refractivity contribution in [3.05, 3.63) is 83.7 Å². The SMILES string of the molecule is CCOC(=O)CCN(CCSc1ccnc(CSc2nc3ccccc3[nH]2)c1C)Cc1ccccc1. The highest BCUT2D eigenvalue weighted by Crippen LogP contribution is 2.28. The van der Waals surface area contributed by atoms with Gasteiger partial charge in [0.2, 0.25) is 0 Å². The Morgan fingerprint density at radius 3 is 2.64 bits per heavy atom. The minimum absolute atomic E-state index is 0.139. The quantitative estimate of drug-likeness (QED) is 0.169. The average Bonchev–Trinajstić information content (AvgIpc) is 3.31. The third-order valence-electron chi connectivity index (χ3n) is 5.82. The van der Waals surface area contributed by atoms with E-state index in [1.54, 1.807) is 11.8 Å². The molecule has 2 aromatic heterocycles. The van der Waals surface area contributed by atoms with Crippen molar-refractivity contribution in [3.8, 4) is 0 Å². The standard InChI is InChI=1S/C28H32N4O2S2/c1-3-34-27(33)14-16-32(19-22-9-5-4-6-10-22)17-18-35-26-13-15-29-25(21(26)2)20-36-28-30-23-11-7-8-12-24(23)31-28/h4-13,15H,3,14,16-20H2,1-2H3,(H,30,31). The molecule has 0 aliphatic rings. The summed E-state index contributed by atoms with van der Waals surface area (Å²) < 4.78 is 5.13. The number of fused-ring (bicyclic) bond motifs is 1. The van der Waals surface area contributed by atoms with Gasteiger partial charge >= 0.3 is 5.97 Å². The van der Waals surface area contributed by atoms with Crippen LogP contribution in [0.25, 0.3) is 11.0 Å². The van der Waals surface area contributed by atoms with E-state index < -0.39 is 0 Å². The molecule has 0 saturated heterocycles. The zero-order valence-corrected chi connectivity index (χ0v) is 22.4. The number of nitrogens with zero attached hydrogens (tertiary/aromatic N) is 3. The van der Waals surface area contributed by atoms with Crippen LogP contribution in [0.5, 0.6) is 0 Å². The molecule has 0 bridgehead atoms. The van der Waals surface area contributed by atoms with Crippen LogP contribution in [0.15, 0.2) is 76.9 Å². The van der Waals surface area contributed by atoms with Gasteiger partial charge in [-0.05, 0) is 43.2 Å². The first kappa shape index (κ1) is 26.3. The van der Waals surface area contributed by atoms with Crippen LogP contribution in [-0.4, -0.2) is 51.3 Å². The van der Waals surface area contributed by atoms with E-state index >= 15 is 0 Å². The first-order chi connectivity index (χ1) is 17.6. The molecule has 2 heterocycles. The lowest BCUT2D eigenvalue weighted by molar-refractivity contribution is -0.143. The second-order valence-corrected chi connectivity index (χ2v) is 10.5. The summed E-state index contributed by atoms with van der Waals surface area (Å²) in [7, 11) is 0. The van der Waals surface area contributed by atoms with Crippen molar-refractivity contribution >= 4 is 40.5 Å². The molecule has 4 rings (SSSR count). The lowest BCUT2D eigenvalue weighted by atomic mass is 10.2. The molecule has 0 unspecified atom stereocenters. The Bertz CT molecular complexity index is 1230. The number of thioether (sulfide) groups is 2. The fourth-order valence-corrected chi connectivity index (χ4v) is 5.84. The Labute approximate surface area is 221 Å². The summed E-state index contributed by atoms with van der Waals surface area (Å²) in [5.41, 5.74) is 5.58. The van der Waals surface area contributed by atoms with Gasteiger partial charge in [0.1, 0.15) is 0 Å². The van der Waals surface area contributed by atoms with E-state index in [0.29, 0.717) is 19.6 Å². The predicted molar refractivity (Wildman–Crippen MR) is 148 cm³/mol. The molecule has 0 saturated carbocycles. The molecule has 0 spiro atoms. The first-order valence-electron chi connectivity index (χ1n) is 12.2. The molecule has 8 heteroatoms. The van der Waals surface area contributed by atoms with Crippen LogP contribution in [0, 0.1) is 6.92 Å². The number of ether oxygens (including phenoxy) is 1. The van der Waals surface area contributed by atoms with Gasteiger partial charge in [0.15, 0.2) is 5.16 Å². The lowest BCUT2D eigenvalue weighted by Crippen LogP contribution is -2.28. The second-order valence-electron chi connectivity index (χ2n) is 8.39. The zero-order chi connectivity index (χ0) is 25.2. The molecule has 1 N–H and O–H groups in total. The van der Waals surface area contributed by atoms with Crippen molar-refractivity contribution in [2.75, 3.05) is 25.4 Å². The first-order valence-corrected chi connectivity index (χ1v) is 14.2. The molecule has 0 radical (unpaired) electrons. The number of nitrogens with one attached hydrogen (secondary N) is 1. The van der Waals surface area contributed by atoms with Gasteiger partial charge in [-0.25, -0.2) is 4.98 Å². The van der Waals surface area contributed by atoms with Gasteiger partial charge in [-0.1, -0.05) is 54.2 Å². The summed E-state index contributed by atoms with van der Waals surface area (Å²) in [6, 6.07) is 20.6. The third kappa shape index (κ3) is 7.59. The molecular formula is C28H32N4O2S2. The van der Waals surface area contributed by atoms with Crippen molar-refractivity contribution in [2.45, 2.75) is 42.6 Å². The minimum Gasteiger partial charge on any atom is -0.466 e. The predicted octanol–water partition coefficient (Wildman–Crippen LogP) is 6.11. The summed E-state index contributed by atoms with van der Waals surface area (Å²) >= 11 is 3.51. The summed E-state index contributed by atoms with van der Waals surface area (Å²) in [4.78, 5) is 28.2. The second kappa shape index (κ2) is 13.5. The number of esters is 1. The van der Waals surface area contributed by atoms with Gasteiger partial charge in [-0.15, -0.1) is 11.8 Å². The van der Waals surface area contributed by atoms with E-state index in [0.717, 1.165) is 46.5 Å². The van der Waals surface area contributed by atoms with Gasteiger partial charge in [0, 0.05) is 42.2 Å². The zero-order valence-electron chi connectivity index (χ0n) is 20.8. The highest BCUT2D eigenvalue weighted by Gasteiger charge is 2.12. The van der Waals surface area contributed by atoms with Crippen LogP contribution in [0.1, 0.15) is 30.2 Å². The maximum Gasteiger partial charge on any atom is 0.307 e. The number of benzene rings is 2. The molecule has 0 fully saturated rings. The minimum atomic E-state index is -0.139. The number of rotatable bonds is 13. The number of pyridine rings is 1. The smallest absolute Gasteiger partial charge is 0.307 e. The van der Waals surface area contributed by atoms with E-state index in [1.165, 1.54) is 16.0 Å². The summed E-state index contributed by atoms with van der Waals surface area (Å²) in [6.45, 7) is 6.79. The molecule has 36 heavy (non-hydrogen) atoms.